The van der Waals surface area contributed by atoms with Gasteiger partial charge in [-0.2, -0.15) is 0 Å². The average Bonchev–Trinajstić information content (AvgIpc) is 2.27. The number of benzene rings is 1. The Kier molecular flexibility index (Phi) is 3.26. The van der Waals surface area contributed by atoms with Crippen LogP contribution in [-0.2, 0) is 0 Å². The standard InChI is InChI=1S/C13H12ClF2N/c1-2-10-4-5-12(11(14)8-10)17-7-3-6-13(15,16)9-17/h1,4-5,8H,3,6-7,9H2. The van der Waals surface area contributed by atoms with E-state index in [1.807, 2.05) is 0 Å². The summed E-state index contributed by atoms with van der Waals surface area (Å²) in [5.41, 5.74) is 1.28. The Labute approximate surface area is 104 Å². The lowest BCUT2D eigenvalue weighted by Gasteiger charge is -2.34. The van der Waals surface area contributed by atoms with E-state index in [2.05, 4.69) is 5.92 Å². The predicted octanol–water partition coefficient (Wildman–Crippen LogP) is 3.56. The highest BCUT2D eigenvalue weighted by Crippen LogP contribution is 2.33. The number of nitrogens with zero attached hydrogens (tertiary/aromatic N) is 1. The van der Waals surface area contributed by atoms with Crippen LogP contribution in [0.2, 0.25) is 5.02 Å². The fraction of sp³-hybridized carbons (Fsp3) is 0.385. The molecule has 0 N–H and O–H groups in total. The van der Waals surface area contributed by atoms with Gasteiger partial charge in [0.2, 0.25) is 0 Å². The van der Waals surface area contributed by atoms with E-state index in [-0.39, 0.29) is 13.0 Å². The van der Waals surface area contributed by atoms with Crippen LogP contribution in [0.15, 0.2) is 18.2 Å². The van der Waals surface area contributed by atoms with Crippen molar-refractivity contribution in [3.63, 3.8) is 0 Å². The third kappa shape index (κ3) is 2.70. The number of hydrogen-bond donors (Lipinski definition) is 0. The molecule has 1 fully saturated rings. The summed E-state index contributed by atoms with van der Waals surface area (Å²) in [5, 5.41) is 0.429. The lowest BCUT2D eigenvalue weighted by molar-refractivity contribution is -0.0116. The first-order valence-corrected chi connectivity index (χ1v) is 5.78. The van der Waals surface area contributed by atoms with Crippen LogP contribution in [0.5, 0.6) is 0 Å². The zero-order valence-corrected chi connectivity index (χ0v) is 9.97. The molecular formula is C13H12ClF2N. The van der Waals surface area contributed by atoms with Crippen molar-refractivity contribution < 1.29 is 8.78 Å². The minimum absolute atomic E-state index is 0.0520. The van der Waals surface area contributed by atoms with Crippen LogP contribution in [0, 0.1) is 12.3 Å². The van der Waals surface area contributed by atoms with Gasteiger partial charge in [-0.15, -0.1) is 6.42 Å². The molecule has 1 aromatic rings. The molecule has 0 bridgehead atoms. The Morgan fingerprint density at radius 2 is 2.18 bits per heavy atom. The molecule has 90 valence electrons. The van der Waals surface area contributed by atoms with E-state index < -0.39 is 5.92 Å². The minimum atomic E-state index is -2.63. The lowest BCUT2D eigenvalue weighted by atomic mass is 10.1. The van der Waals surface area contributed by atoms with Gasteiger partial charge in [-0.25, -0.2) is 8.78 Å². The van der Waals surface area contributed by atoms with E-state index >= 15 is 0 Å². The molecule has 1 nitrogen and oxygen atoms in total. The van der Waals surface area contributed by atoms with Crippen molar-refractivity contribution in [1.29, 1.82) is 0 Å². The SMILES string of the molecule is C#Cc1ccc(N2CCCC(F)(F)C2)c(Cl)c1. The highest BCUT2D eigenvalue weighted by molar-refractivity contribution is 6.33. The molecule has 1 heterocycles. The number of alkyl halides is 2. The fourth-order valence-electron chi connectivity index (χ4n) is 2.02. The average molecular weight is 256 g/mol. The fourth-order valence-corrected chi connectivity index (χ4v) is 2.32. The van der Waals surface area contributed by atoms with Crippen molar-refractivity contribution in [2.75, 3.05) is 18.0 Å². The third-order valence-electron chi connectivity index (χ3n) is 2.85. The van der Waals surface area contributed by atoms with Crippen LogP contribution in [0.1, 0.15) is 18.4 Å². The molecule has 1 aromatic carbocycles. The zero-order valence-electron chi connectivity index (χ0n) is 9.22. The lowest BCUT2D eigenvalue weighted by Crippen LogP contribution is -2.42. The molecule has 0 atom stereocenters. The highest BCUT2D eigenvalue weighted by atomic mass is 35.5. The first-order valence-electron chi connectivity index (χ1n) is 5.41. The molecule has 2 rings (SSSR count). The molecule has 1 aliphatic rings. The molecule has 0 saturated carbocycles. The zero-order chi connectivity index (χ0) is 12.5. The largest absolute Gasteiger partial charge is 0.364 e. The second-order valence-electron chi connectivity index (χ2n) is 4.19. The third-order valence-corrected chi connectivity index (χ3v) is 3.15. The molecule has 0 spiro atoms. The van der Waals surface area contributed by atoms with Gasteiger partial charge in [-0.05, 0) is 24.6 Å². The van der Waals surface area contributed by atoms with Gasteiger partial charge < -0.3 is 4.90 Å². The van der Waals surface area contributed by atoms with Crippen LogP contribution in [0.4, 0.5) is 14.5 Å². The van der Waals surface area contributed by atoms with E-state index in [1.165, 1.54) is 0 Å². The number of hydrogen-bond acceptors (Lipinski definition) is 1. The van der Waals surface area contributed by atoms with Crippen LogP contribution in [0.25, 0.3) is 0 Å². The van der Waals surface area contributed by atoms with Crippen LogP contribution < -0.4 is 4.90 Å². The molecule has 4 heteroatoms. The summed E-state index contributed by atoms with van der Waals surface area (Å²) in [7, 11) is 0. The highest BCUT2D eigenvalue weighted by Gasteiger charge is 2.35. The van der Waals surface area contributed by atoms with Gasteiger partial charge in [-0.3, -0.25) is 0 Å². The van der Waals surface area contributed by atoms with Crippen molar-refractivity contribution in [1.82, 2.24) is 0 Å². The van der Waals surface area contributed by atoms with Crippen molar-refractivity contribution in [2.24, 2.45) is 0 Å². The van der Waals surface area contributed by atoms with E-state index in [1.54, 1.807) is 23.1 Å². The maximum Gasteiger partial charge on any atom is 0.265 e. The van der Waals surface area contributed by atoms with Gasteiger partial charge >= 0.3 is 0 Å². The molecule has 0 radical (unpaired) electrons. The Morgan fingerprint density at radius 3 is 2.76 bits per heavy atom. The van der Waals surface area contributed by atoms with E-state index in [0.29, 0.717) is 29.2 Å². The second-order valence-corrected chi connectivity index (χ2v) is 4.60. The molecule has 1 aliphatic heterocycles. The summed E-state index contributed by atoms with van der Waals surface area (Å²) in [6, 6.07) is 5.05. The Bertz CT molecular complexity index is 465. The Balaban J connectivity index is 2.26. The number of rotatable bonds is 1. The summed E-state index contributed by atoms with van der Waals surface area (Å²) in [4.78, 5) is 1.62. The van der Waals surface area contributed by atoms with Gasteiger partial charge in [0.05, 0.1) is 17.3 Å². The normalized spacial score (nSPS) is 18.8. The van der Waals surface area contributed by atoms with Gasteiger partial charge in [-0.1, -0.05) is 17.5 Å². The van der Waals surface area contributed by atoms with E-state index in [4.69, 9.17) is 18.0 Å². The quantitative estimate of drug-likeness (QED) is 0.694. The van der Waals surface area contributed by atoms with Gasteiger partial charge in [0.1, 0.15) is 0 Å². The number of halogens is 3. The van der Waals surface area contributed by atoms with Crippen molar-refractivity contribution >= 4 is 17.3 Å². The molecule has 0 unspecified atom stereocenters. The van der Waals surface area contributed by atoms with Crippen LogP contribution >= 0.6 is 11.6 Å². The predicted molar refractivity (Wildman–Crippen MR) is 65.8 cm³/mol. The molecule has 0 aliphatic carbocycles. The maximum absolute atomic E-state index is 13.3. The summed E-state index contributed by atoms with van der Waals surface area (Å²) in [5.74, 6) is -0.170. The van der Waals surface area contributed by atoms with E-state index in [9.17, 15) is 8.78 Å². The molecule has 0 aromatic heterocycles. The molecular weight excluding hydrogens is 244 g/mol. The van der Waals surface area contributed by atoms with Crippen LogP contribution in [0.3, 0.4) is 0 Å². The first-order chi connectivity index (χ1) is 8.02. The second kappa shape index (κ2) is 4.54. The summed E-state index contributed by atoms with van der Waals surface area (Å²) >= 11 is 6.05. The van der Waals surface area contributed by atoms with Gasteiger partial charge in [0.15, 0.2) is 0 Å². The smallest absolute Gasteiger partial charge is 0.265 e. The Morgan fingerprint density at radius 1 is 1.41 bits per heavy atom. The molecule has 0 amide bonds. The van der Waals surface area contributed by atoms with Gasteiger partial charge in [0, 0.05) is 18.5 Å². The topological polar surface area (TPSA) is 3.24 Å². The molecule has 17 heavy (non-hydrogen) atoms. The van der Waals surface area contributed by atoms with Crippen molar-refractivity contribution in [2.45, 2.75) is 18.8 Å². The van der Waals surface area contributed by atoms with Crippen molar-refractivity contribution in [3.05, 3.63) is 28.8 Å². The number of piperidine rings is 1. The first kappa shape index (κ1) is 12.2. The van der Waals surface area contributed by atoms with Gasteiger partial charge in [0.25, 0.3) is 5.92 Å². The molecule has 1 saturated heterocycles. The van der Waals surface area contributed by atoms with Crippen molar-refractivity contribution in [3.8, 4) is 12.3 Å². The van der Waals surface area contributed by atoms with Crippen LogP contribution in [-0.4, -0.2) is 19.0 Å². The number of anilines is 1. The minimum Gasteiger partial charge on any atom is -0.364 e. The van der Waals surface area contributed by atoms with E-state index in [0.717, 1.165) is 0 Å². The summed E-state index contributed by atoms with van der Waals surface area (Å²) < 4.78 is 26.6. The number of terminal acetylenes is 1. The summed E-state index contributed by atoms with van der Waals surface area (Å²) in [6.07, 6.45) is 5.67. The maximum atomic E-state index is 13.3. The monoisotopic (exact) mass is 255 g/mol. The Hall–Kier alpha value is -1.27. The summed E-state index contributed by atoms with van der Waals surface area (Å²) in [6.45, 7) is 0.326.